The van der Waals surface area contributed by atoms with Crippen LogP contribution in [0.4, 0.5) is 0 Å². The normalized spacial score (nSPS) is 10.7. The van der Waals surface area contributed by atoms with Crippen LogP contribution in [0.1, 0.15) is 11.1 Å². The molecule has 2 aromatic carbocycles. The van der Waals surface area contributed by atoms with Crippen molar-refractivity contribution in [2.24, 2.45) is 0 Å². The summed E-state index contributed by atoms with van der Waals surface area (Å²) in [6.45, 7) is 2.55. The number of halogens is 1. The molecular formula is C16H15BrN4O. The van der Waals surface area contributed by atoms with Crippen molar-refractivity contribution in [3.63, 3.8) is 0 Å². The second-order valence-corrected chi connectivity index (χ2v) is 5.88. The van der Waals surface area contributed by atoms with E-state index in [0.29, 0.717) is 12.4 Å². The number of hydrogen-bond acceptors (Lipinski definition) is 4. The third-order valence-corrected chi connectivity index (χ3v) is 3.81. The van der Waals surface area contributed by atoms with E-state index in [-0.39, 0.29) is 0 Å². The largest absolute Gasteiger partial charge is 0.496 e. The maximum Gasteiger partial charge on any atom is 0.204 e. The number of hydrogen-bond donors (Lipinski definition) is 0. The standard InChI is InChI=1S/C16H15BrN4O/c1-11-3-5-12(6-4-11)16-18-20-21(19-16)10-13-9-14(17)7-8-15(13)22-2/h3-9H,10H2,1-2H3. The van der Waals surface area contributed by atoms with Gasteiger partial charge in [0.1, 0.15) is 5.75 Å². The number of ether oxygens (including phenoxy) is 1. The predicted molar refractivity (Wildman–Crippen MR) is 87.8 cm³/mol. The molecular weight excluding hydrogens is 344 g/mol. The minimum absolute atomic E-state index is 0.501. The molecule has 0 saturated carbocycles. The lowest BCUT2D eigenvalue weighted by Crippen LogP contribution is -2.05. The first-order valence-corrected chi connectivity index (χ1v) is 7.62. The molecule has 112 valence electrons. The first kappa shape index (κ1) is 14.7. The third-order valence-electron chi connectivity index (χ3n) is 3.32. The van der Waals surface area contributed by atoms with Crippen LogP contribution in [0.25, 0.3) is 11.4 Å². The van der Waals surface area contributed by atoms with E-state index in [1.807, 2.05) is 49.4 Å². The second-order valence-electron chi connectivity index (χ2n) is 4.97. The summed E-state index contributed by atoms with van der Waals surface area (Å²) < 4.78 is 6.36. The van der Waals surface area contributed by atoms with Gasteiger partial charge < -0.3 is 4.74 Å². The predicted octanol–water partition coefficient (Wildman–Crippen LogP) is 3.47. The van der Waals surface area contributed by atoms with Crippen LogP contribution in [0, 0.1) is 6.92 Å². The van der Waals surface area contributed by atoms with Crippen molar-refractivity contribution < 1.29 is 4.74 Å². The zero-order chi connectivity index (χ0) is 15.5. The highest BCUT2D eigenvalue weighted by Gasteiger charge is 2.09. The maximum atomic E-state index is 5.37. The van der Waals surface area contributed by atoms with Gasteiger partial charge in [-0.1, -0.05) is 45.8 Å². The fraction of sp³-hybridized carbons (Fsp3) is 0.188. The molecule has 22 heavy (non-hydrogen) atoms. The minimum atomic E-state index is 0.501. The number of benzene rings is 2. The molecule has 6 heteroatoms. The van der Waals surface area contributed by atoms with Gasteiger partial charge in [-0.15, -0.1) is 10.2 Å². The van der Waals surface area contributed by atoms with E-state index in [2.05, 4.69) is 31.3 Å². The Kier molecular flexibility index (Phi) is 4.20. The Hall–Kier alpha value is -2.21. The van der Waals surface area contributed by atoms with Crippen molar-refractivity contribution in [1.82, 2.24) is 20.2 Å². The Morgan fingerprint density at radius 3 is 2.64 bits per heavy atom. The van der Waals surface area contributed by atoms with Gasteiger partial charge in [0.05, 0.1) is 13.7 Å². The van der Waals surface area contributed by atoms with Crippen molar-refractivity contribution in [2.75, 3.05) is 7.11 Å². The Bertz CT molecular complexity index is 783. The number of tetrazole rings is 1. The van der Waals surface area contributed by atoms with Crippen LogP contribution >= 0.6 is 15.9 Å². The summed E-state index contributed by atoms with van der Waals surface area (Å²) in [6, 6.07) is 13.9. The SMILES string of the molecule is COc1ccc(Br)cc1Cn1nnc(-c2ccc(C)cc2)n1. The second kappa shape index (κ2) is 6.27. The summed E-state index contributed by atoms with van der Waals surface area (Å²) in [7, 11) is 1.65. The van der Waals surface area contributed by atoms with Crippen molar-refractivity contribution in [3.8, 4) is 17.1 Å². The highest BCUT2D eigenvalue weighted by Crippen LogP contribution is 2.23. The fourth-order valence-corrected chi connectivity index (χ4v) is 2.56. The monoisotopic (exact) mass is 358 g/mol. The molecule has 1 heterocycles. The molecule has 0 atom stereocenters. The van der Waals surface area contributed by atoms with Gasteiger partial charge in [-0.05, 0) is 30.3 Å². The van der Waals surface area contributed by atoms with Gasteiger partial charge in [0.25, 0.3) is 0 Å². The lowest BCUT2D eigenvalue weighted by Gasteiger charge is -2.07. The molecule has 0 N–H and O–H groups in total. The van der Waals surface area contributed by atoms with Crippen LogP contribution in [-0.2, 0) is 6.54 Å². The molecule has 0 unspecified atom stereocenters. The van der Waals surface area contributed by atoms with Gasteiger partial charge in [-0.3, -0.25) is 0 Å². The minimum Gasteiger partial charge on any atom is -0.496 e. The van der Waals surface area contributed by atoms with E-state index in [9.17, 15) is 0 Å². The topological polar surface area (TPSA) is 52.8 Å². The Labute approximate surface area is 137 Å². The lowest BCUT2D eigenvalue weighted by molar-refractivity contribution is 0.405. The summed E-state index contributed by atoms with van der Waals surface area (Å²) in [4.78, 5) is 1.57. The van der Waals surface area contributed by atoms with E-state index in [0.717, 1.165) is 21.3 Å². The van der Waals surface area contributed by atoms with Crippen LogP contribution in [0.2, 0.25) is 0 Å². The molecule has 0 aliphatic carbocycles. The van der Waals surface area contributed by atoms with E-state index < -0.39 is 0 Å². The summed E-state index contributed by atoms with van der Waals surface area (Å²) in [5.41, 5.74) is 3.15. The highest BCUT2D eigenvalue weighted by atomic mass is 79.9. The molecule has 0 fully saturated rings. The molecule has 0 aliphatic rings. The average Bonchev–Trinajstić information content (AvgIpc) is 2.97. The van der Waals surface area contributed by atoms with Crippen LogP contribution in [0.15, 0.2) is 46.9 Å². The van der Waals surface area contributed by atoms with Crippen molar-refractivity contribution in [3.05, 3.63) is 58.1 Å². The maximum absolute atomic E-state index is 5.37. The Morgan fingerprint density at radius 1 is 1.14 bits per heavy atom. The number of rotatable bonds is 4. The molecule has 0 spiro atoms. The molecule has 0 saturated heterocycles. The van der Waals surface area contributed by atoms with E-state index in [1.54, 1.807) is 11.9 Å². The van der Waals surface area contributed by atoms with Gasteiger partial charge in [0.15, 0.2) is 0 Å². The molecule has 0 bridgehead atoms. The van der Waals surface area contributed by atoms with Crippen molar-refractivity contribution in [2.45, 2.75) is 13.5 Å². The fourth-order valence-electron chi connectivity index (χ4n) is 2.15. The van der Waals surface area contributed by atoms with Crippen molar-refractivity contribution in [1.29, 1.82) is 0 Å². The van der Waals surface area contributed by atoms with Crippen LogP contribution in [-0.4, -0.2) is 27.3 Å². The molecule has 3 rings (SSSR count). The first-order valence-electron chi connectivity index (χ1n) is 6.83. The van der Waals surface area contributed by atoms with E-state index in [1.165, 1.54) is 5.56 Å². The smallest absolute Gasteiger partial charge is 0.204 e. The molecule has 3 aromatic rings. The quantitative estimate of drug-likeness (QED) is 0.716. The zero-order valence-electron chi connectivity index (χ0n) is 12.3. The third kappa shape index (κ3) is 3.17. The van der Waals surface area contributed by atoms with Gasteiger partial charge >= 0.3 is 0 Å². The molecule has 0 radical (unpaired) electrons. The highest BCUT2D eigenvalue weighted by molar-refractivity contribution is 9.10. The van der Waals surface area contributed by atoms with Gasteiger partial charge in [0.2, 0.25) is 5.82 Å². The van der Waals surface area contributed by atoms with Crippen LogP contribution in [0.5, 0.6) is 5.75 Å². The number of aromatic nitrogens is 4. The molecule has 0 amide bonds. The summed E-state index contributed by atoms with van der Waals surface area (Å²) in [6.07, 6.45) is 0. The van der Waals surface area contributed by atoms with Crippen molar-refractivity contribution >= 4 is 15.9 Å². The zero-order valence-corrected chi connectivity index (χ0v) is 13.9. The molecule has 1 aromatic heterocycles. The molecule has 5 nitrogen and oxygen atoms in total. The number of aryl methyl sites for hydroxylation is 1. The lowest BCUT2D eigenvalue weighted by atomic mass is 10.1. The number of methoxy groups -OCH3 is 1. The Morgan fingerprint density at radius 2 is 1.91 bits per heavy atom. The van der Waals surface area contributed by atoms with E-state index >= 15 is 0 Å². The summed E-state index contributed by atoms with van der Waals surface area (Å²) >= 11 is 3.47. The first-order chi connectivity index (χ1) is 10.7. The van der Waals surface area contributed by atoms with Gasteiger partial charge in [-0.25, -0.2) is 0 Å². The van der Waals surface area contributed by atoms with Crippen LogP contribution < -0.4 is 4.74 Å². The average molecular weight is 359 g/mol. The Balaban J connectivity index is 1.85. The number of nitrogens with zero attached hydrogens (tertiary/aromatic N) is 4. The molecule has 0 aliphatic heterocycles. The summed E-state index contributed by atoms with van der Waals surface area (Å²) in [5, 5.41) is 12.7. The van der Waals surface area contributed by atoms with E-state index in [4.69, 9.17) is 4.74 Å². The van der Waals surface area contributed by atoms with Gasteiger partial charge in [0, 0.05) is 15.6 Å². The summed E-state index contributed by atoms with van der Waals surface area (Å²) in [5.74, 6) is 1.42. The van der Waals surface area contributed by atoms with Crippen LogP contribution in [0.3, 0.4) is 0 Å². The van der Waals surface area contributed by atoms with Gasteiger partial charge in [-0.2, -0.15) is 4.80 Å².